The minimum Gasteiger partial charge on any atom is -0.484 e. The zero-order valence-electron chi connectivity index (χ0n) is 17.8. The van der Waals surface area contributed by atoms with Gasteiger partial charge >= 0.3 is 0 Å². The van der Waals surface area contributed by atoms with Crippen LogP contribution < -0.4 is 10.1 Å². The molecule has 0 bridgehead atoms. The second-order valence-corrected chi connectivity index (χ2v) is 7.76. The first-order valence-corrected chi connectivity index (χ1v) is 10.2. The molecule has 6 heteroatoms. The maximum Gasteiger partial charge on any atom is 0.263 e. The van der Waals surface area contributed by atoms with Gasteiger partial charge in [-0.15, -0.1) is 0 Å². The molecule has 0 unspecified atom stereocenters. The fourth-order valence-electron chi connectivity index (χ4n) is 3.37. The van der Waals surface area contributed by atoms with Crippen molar-refractivity contribution < 1.29 is 9.53 Å². The number of hydrogen-bond donors (Lipinski definition) is 1. The van der Waals surface area contributed by atoms with E-state index in [1.165, 1.54) is 0 Å². The summed E-state index contributed by atoms with van der Waals surface area (Å²) in [4.78, 5) is 17.4. The smallest absolute Gasteiger partial charge is 0.263 e. The van der Waals surface area contributed by atoms with Crippen molar-refractivity contribution in [3.05, 3.63) is 59.7 Å². The van der Waals surface area contributed by atoms with Crippen LogP contribution in [0.1, 0.15) is 37.4 Å². The molecule has 1 N–H and O–H groups in total. The van der Waals surface area contributed by atoms with Crippen molar-refractivity contribution >= 4 is 33.7 Å². The van der Waals surface area contributed by atoms with Gasteiger partial charge in [-0.1, -0.05) is 36.2 Å². The molecule has 0 saturated heterocycles. The number of carbonyl (C=O) groups excluding carboxylic acids is 1. The number of aryl methyl sites for hydroxylation is 2. The van der Waals surface area contributed by atoms with E-state index in [9.17, 15) is 4.79 Å². The minimum absolute atomic E-state index is 0.0825. The number of fused-ring (bicyclic) bond motifs is 2. The Morgan fingerprint density at radius 1 is 1.10 bits per heavy atom. The SMILES string of the molecule is CC[C@H](C)n1nc(NC(=O)COc2ccc(C)cc2)c2cc3cc(C)ccc3nc21. The van der Waals surface area contributed by atoms with Gasteiger partial charge < -0.3 is 10.1 Å². The van der Waals surface area contributed by atoms with Crippen molar-refractivity contribution in [1.82, 2.24) is 14.8 Å². The molecule has 30 heavy (non-hydrogen) atoms. The number of anilines is 1. The summed E-state index contributed by atoms with van der Waals surface area (Å²) in [5.74, 6) is 0.920. The van der Waals surface area contributed by atoms with Gasteiger partial charge in [-0.25, -0.2) is 9.67 Å². The van der Waals surface area contributed by atoms with Crippen molar-refractivity contribution in [2.24, 2.45) is 0 Å². The Hall–Kier alpha value is -3.41. The molecule has 4 aromatic rings. The van der Waals surface area contributed by atoms with E-state index in [-0.39, 0.29) is 18.6 Å². The van der Waals surface area contributed by atoms with Gasteiger partial charge in [0.2, 0.25) is 0 Å². The van der Waals surface area contributed by atoms with Gasteiger partial charge in [0.1, 0.15) is 5.75 Å². The third kappa shape index (κ3) is 3.99. The van der Waals surface area contributed by atoms with Gasteiger partial charge in [-0.05, 0) is 57.5 Å². The quantitative estimate of drug-likeness (QED) is 0.482. The third-order valence-corrected chi connectivity index (χ3v) is 5.29. The van der Waals surface area contributed by atoms with Crippen molar-refractivity contribution in [3.63, 3.8) is 0 Å². The highest BCUT2D eigenvalue weighted by molar-refractivity contribution is 6.03. The third-order valence-electron chi connectivity index (χ3n) is 5.29. The molecule has 2 aromatic heterocycles. The van der Waals surface area contributed by atoms with Crippen LogP contribution in [-0.2, 0) is 4.79 Å². The number of amides is 1. The molecule has 2 aromatic carbocycles. The van der Waals surface area contributed by atoms with Crippen LogP contribution in [0, 0.1) is 13.8 Å². The molecule has 1 amide bonds. The van der Waals surface area contributed by atoms with Crippen molar-refractivity contribution in [2.45, 2.75) is 40.2 Å². The lowest BCUT2D eigenvalue weighted by Gasteiger charge is -2.10. The lowest BCUT2D eigenvalue weighted by atomic mass is 10.1. The number of benzene rings is 2. The molecule has 0 spiro atoms. The minimum atomic E-state index is -0.254. The maximum atomic E-state index is 12.6. The number of pyridine rings is 1. The standard InChI is InChI=1S/C24H26N4O2/c1-5-17(4)28-24-20(13-18-12-16(3)8-11-21(18)25-24)23(27-28)26-22(29)14-30-19-9-6-15(2)7-10-19/h6-13,17H,5,14H2,1-4H3,(H,26,27,29)/t17-/m0/s1. The van der Waals surface area contributed by atoms with Crippen LogP contribution in [0.4, 0.5) is 5.82 Å². The molecule has 6 nitrogen and oxygen atoms in total. The molecule has 154 valence electrons. The summed E-state index contributed by atoms with van der Waals surface area (Å²) in [6, 6.07) is 16.0. The van der Waals surface area contributed by atoms with Crippen molar-refractivity contribution in [1.29, 1.82) is 0 Å². The van der Waals surface area contributed by atoms with Crippen LogP contribution in [-0.4, -0.2) is 27.3 Å². The molecule has 2 heterocycles. The summed E-state index contributed by atoms with van der Waals surface area (Å²) in [5, 5.41) is 9.44. The van der Waals surface area contributed by atoms with Gasteiger partial charge in [0.25, 0.3) is 5.91 Å². The van der Waals surface area contributed by atoms with E-state index in [1.54, 1.807) is 0 Å². The molecule has 0 aliphatic heterocycles. The molecular weight excluding hydrogens is 376 g/mol. The Morgan fingerprint density at radius 2 is 1.83 bits per heavy atom. The Balaban J connectivity index is 1.64. The monoisotopic (exact) mass is 402 g/mol. The van der Waals surface area contributed by atoms with Crippen LogP contribution in [0.2, 0.25) is 0 Å². The zero-order valence-corrected chi connectivity index (χ0v) is 17.8. The van der Waals surface area contributed by atoms with Crippen LogP contribution in [0.3, 0.4) is 0 Å². The highest BCUT2D eigenvalue weighted by Gasteiger charge is 2.18. The first-order chi connectivity index (χ1) is 14.4. The number of rotatable bonds is 6. The van der Waals surface area contributed by atoms with Gasteiger partial charge in [-0.3, -0.25) is 4.79 Å². The summed E-state index contributed by atoms with van der Waals surface area (Å²) in [5.41, 5.74) is 3.99. The van der Waals surface area contributed by atoms with E-state index >= 15 is 0 Å². The fraction of sp³-hybridized carbons (Fsp3) is 0.292. The van der Waals surface area contributed by atoms with Crippen molar-refractivity contribution in [3.8, 4) is 5.75 Å². The average molecular weight is 402 g/mol. The zero-order chi connectivity index (χ0) is 21.3. The largest absolute Gasteiger partial charge is 0.484 e. The van der Waals surface area contributed by atoms with Crippen LogP contribution >= 0.6 is 0 Å². The van der Waals surface area contributed by atoms with E-state index in [4.69, 9.17) is 9.72 Å². The van der Waals surface area contributed by atoms with Crippen LogP contribution in [0.25, 0.3) is 21.9 Å². The second kappa shape index (κ2) is 8.14. The highest BCUT2D eigenvalue weighted by Crippen LogP contribution is 2.29. The summed E-state index contributed by atoms with van der Waals surface area (Å²) in [6.45, 7) is 8.18. The lowest BCUT2D eigenvalue weighted by molar-refractivity contribution is -0.118. The van der Waals surface area contributed by atoms with Gasteiger partial charge in [-0.2, -0.15) is 5.10 Å². The van der Waals surface area contributed by atoms with Gasteiger partial charge in [0.15, 0.2) is 18.1 Å². The highest BCUT2D eigenvalue weighted by atomic mass is 16.5. The van der Waals surface area contributed by atoms with E-state index < -0.39 is 0 Å². The molecule has 0 fully saturated rings. The van der Waals surface area contributed by atoms with Crippen LogP contribution in [0.5, 0.6) is 5.75 Å². The van der Waals surface area contributed by atoms with E-state index in [0.29, 0.717) is 11.6 Å². The number of hydrogen-bond acceptors (Lipinski definition) is 4. The normalized spacial score (nSPS) is 12.3. The predicted molar refractivity (Wildman–Crippen MR) is 120 cm³/mol. The van der Waals surface area contributed by atoms with Crippen LogP contribution in [0.15, 0.2) is 48.5 Å². The molecular formula is C24H26N4O2. The molecule has 0 aliphatic carbocycles. The average Bonchev–Trinajstić information content (AvgIpc) is 3.08. The van der Waals surface area contributed by atoms with Gasteiger partial charge in [0.05, 0.1) is 16.9 Å². The van der Waals surface area contributed by atoms with Crippen molar-refractivity contribution in [2.75, 3.05) is 11.9 Å². The summed E-state index contributed by atoms with van der Waals surface area (Å²) in [7, 11) is 0. The molecule has 1 atom stereocenters. The number of carbonyl (C=O) groups is 1. The van der Waals surface area contributed by atoms with Gasteiger partial charge in [0, 0.05) is 5.39 Å². The maximum absolute atomic E-state index is 12.6. The Bertz CT molecular complexity index is 1210. The summed E-state index contributed by atoms with van der Waals surface area (Å²) in [6.07, 6.45) is 0.911. The first-order valence-electron chi connectivity index (χ1n) is 10.2. The Labute approximate surface area is 175 Å². The topological polar surface area (TPSA) is 69.0 Å². The van der Waals surface area contributed by atoms with E-state index in [0.717, 1.165) is 39.5 Å². The number of nitrogens with zero attached hydrogens (tertiary/aromatic N) is 3. The summed E-state index contributed by atoms with van der Waals surface area (Å²) < 4.78 is 7.50. The van der Waals surface area contributed by atoms with E-state index in [1.807, 2.05) is 48.0 Å². The first kappa shape index (κ1) is 19.9. The number of nitrogens with one attached hydrogen (secondary N) is 1. The van der Waals surface area contributed by atoms with E-state index in [2.05, 4.69) is 43.3 Å². The Morgan fingerprint density at radius 3 is 2.57 bits per heavy atom. The fourth-order valence-corrected chi connectivity index (χ4v) is 3.37. The molecule has 0 radical (unpaired) electrons. The molecule has 0 saturated carbocycles. The number of aromatic nitrogens is 3. The second-order valence-electron chi connectivity index (χ2n) is 7.76. The lowest BCUT2D eigenvalue weighted by Crippen LogP contribution is -2.20. The number of ether oxygens (including phenoxy) is 1. The predicted octanol–water partition coefficient (Wildman–Crippen LogP) is 5.19. The summed E-state index contributed by atoms with van der Waals surface area (Å²) >= 11 is 0. The molecule has 4 rings (SSSR count). The molecule has 0 aliphatic rings. The Kier molecular flexibility index (Phi) is 5.40.